The lowest BCUT2D eigenvalue weighted by Crippen LogP contribution is -2.43. The van der Waals surface area contributed by atoms with Crippen LogP contribution in [0, 0.1) is 11.3 Å². The van der Waals surface area contributed by atoms with E-state index >= 15 is 0 Å². The highest BCUT2D eigenvalue weighted by Crippen LogP contribution is 2.48. The average Bonchev–Trinajstić information content (AvgIpc) is 3.29. The Hall–Kier alpha value is -1.36. The van der Waals surface area contributed by atoms with Crippen molar-refractivity contribution in [3.8, 4) is 0 Å². The molecule has 2 unspecified atom stereocenters. The molecule has 1 aromatic rings. The summed E-state index contributed by atoms with van der Waals surface area (Å²) in [6.45, 7) is 3.91. The molecule has 0 bridgehead atoms. The predicted molar refractivity (Wildman–Crippen MR) is 88.7 cm³/mol. The van der Waals surface area contributed by atoms with Crippen molar-refractivity contribution in [1.82, 2.24) is 5.32 Å². The van der Waals surface area contributed by atoms with E-state index in [1.807, 2.05) is 38.1 Å². The molecular weight excluding hydrogens is 346 g/mol. The van der Waals surface area contributed by atoms with E-state index in [2.05, 4.69) is 21.2 Å². The number of amides is 1. The summed E-state index contributed by atoms with van der Waals surface area (Å²) in [7, 11) is 0. The topological polar surface area (TPSA) is 66.4 Å². The first-order valence-corrected chi connectivity index (χ1v) is 8.49. The summed E-state index contributed by atoms with van der Waals surface area (Å²) in [5.74, 6) is -0.649. The minimum Gasteiger partial charge on any atom is -0.481 e. The Morgan fingerprint density at radius 2 is 2.05 bits per heavy atom. The van der Waals surface area contributed by atoms with E-state index in [4.69, 9.17) is 0 Å². The van der Waals surface area contributed by atoms with Crippen LogP contribution in [0.1, 0.15) is 44.6 Å². The maximum Gasteiger partial charge on any atom is 0.311 e. The van der Waals surface area contributed by atoms with Gasteiger partial charge in [0.15, 0.2) is 0 Å². The number of carbonyl (C=O) groups is 2. The Bertz CT molecular complexity index is 569. The molecule has 1 saturated carbocycles. The van der Waals surface area contributed by atoms with E-state index in [9.17, 15) is 14.7 Å². The molecule has 0 aromatic heterocycles. The second-order valence-electron chi connectivity index (χ2n) is 6.01. The zero-order valence-corrected chi connectivity index (χ0v) is 14.5. The first-order valence-electron chi connectivity index (χ1n) is 7.70. The molecule has 1 aliphatic carbocycles. The summed E-state index contributed by atoms with van der Waals surface area (Å²) in [5.41, 5.74) is 0.306. The van der Waals surface area contributed by atoms with Gasteiger partial charge in [0.25, 0.3) is 0 Å². The van der Waals surface area contributed by atoms with Crippen LogP contribution in [-0.4, -0.2) is 23.5 Å². The molecule has 120 valence electrons. The molecule has 2 atom stereocenters. The Kier molecular flexibility index (Phi) is 5.27. The van der Waals surface area contributed by atoms with Crippen LogP contribution < -0.4 is 5.32 Å². The minimum absolute atomic E-state index is 0.0301. The molecule has 22 heavy (non-hydrogen) atoms. The fourth-order valence-electron chi connectivity index (χ4n) is 2.86. The number of carboxylic acid groups (broad SMARTS) is 1. The van der Waals surface area contributed by atoms with Crippen LogP contribution in [0.4, 0.5) is 0 Å². The summed E-state index contributed by atoms with van der Waals surface area (Å²) < 4.78 is 1.01. The third kappa shape index (κ3) is 3.51. The quantitative estimate of drug-likeness (QED) is 0.774. The second-order valence-corrected chi connectivity index (χ2v) is 6.93. The number of benzene rings is 1. The maximum absolute atomic E-state index is 12.3. The van der Waals surface area contributed by atoms with Crippen molar-refractivity contribution in [2.45, 2.75) is 39.0 Å². The van der Waals surface area contributed by atoms with Crippen LogP contribution in [0.25, 0.3) is 0 Å². The number of aliphatic carboxylic acids is 1. The molecule has 0 saturated heterocycles. The monoisotopic (exact) mass is 367 g/mol. The molecule has 0 aliphatic heterocycles. The van der Waals surface area contributed by atoms with Crippen LogP contribution in [0.2, 0.25) is 0 Å². The van der Waals surface area contributed by atoms with Gasteiger partial charge in [-0.05, 0) is 42.9 Å². The summed E-state index contributed by atoms with van der Waals surface area (Å²) >= 11 is 3.44. The molecule has 1 aliphatic rings. The average molecular weight is 368 g/mol. The zero-order chi connectivity index (χ0) is 16.3. The van der Waals surface area contributed by atoms with E-state index in [-0.39, 0.29) is 24.3 Å². The van der Waals surface area contributed by atoms with Gasteiger partial charge in [-0.15, -0.1) is 0 Å². The highest BCUT2D eigenvalue weighted by atomic mass is 79.9. The molecule has 0 heterocycles. The lowest BCUT2D eigenvalue weighted by Gasteiger charge is -2.26. The molecule has 4 nitrogen and oxygen atoms in total. The van der Waals surface area contributed by atoms with Gasteiger partial charge in [0.05, 0.1) is 5.41 Å². The Morgan fingerprint density at radius 1 is 1.36 bits per heavy atom. The molecule has 2 rings (SSSR count). The number of halogens is 1. The van der Waals surface area contributed by atoms with Gasteiger partial charge in [0.1, 0.15) is 0 Å². The molecule has 1 aromatic carbocycles. The molecule has 5 heteroatoms. The SMILES string of the molecule is CCC(CC)(CNC(=O)C1CC1c1cccc(Br)c1)C(=O)O. The number of hydrogen-bond acceptors (Lipinski definition) is 2. The van der Waals surface area contributed by atoms with Gasteiger partial charge in [0.2, 0.25) is 5.91 Å². The highest BCUT2D eigenvalue weighted by molar-refractivity contribution is 9.10. The van der Waals surface area contributed by atoms with Crippen molar-refractivity contribution >= 4 is 27.8 Å². The van der Waals surface area contributed by atoms with Gasteiger partial charge >= 0.3 is 5.97 Å². The number of rotatable bonds is 7. The first-order chi connectivity index (χ1) is 10.4. The third-order valence-corrected chi connectivity index (χ3v) is 5.31. The van der Waals surface area contributed by atoms with E-state index in [0.29, 0.717) is 12.8 Å². The summed E-state index contributed by atoms with van der Waals surface area (Å²) in [6, 6.07) is 8.00. The Balaban J connectivity index is 1.93. The lowest BCUT2D eigenvalue weighted by atomic mass is 9.82. The predicted octanol–water partition coefficient (Wildman–Crippen LogP) is 3.56. The van der Waals surface area contributed by atoms with Crippen LogP contribution in [0.3, 0.4) is 0 Å². The van der Waals surface area contributed by atoms with Crippen molar-refractivity contribution in [2.24, 2.45) is 11.3 Å². The van der Waals surface area contributed by atoms with Crippen LogP contribution in [-0.2, 0) is 9.59 Å². The standard InChI is InChI=1S/C17H22BrNO3/c1-3-17(4-2,16(21)22)10-19-15(20)14-9-13(14)11-6-5-7-12(18)8-11/h5-8,13-14H,3-4,9-10H2,1-2H3,(H,19,20)(H,21,22). The number of carboxylic acids is 1. The normalized spacial score (nSPS) is 20.5. The van der Waals surface area contributed by atoms with E-state index in [0.717, 1.165) is 16.5 Å². The number of carbonyl (C=O) groups excluding carboxylic acids is 1. The van der Waals surface area contributed by atoms with Gasteiger partial charge in [-0.25, -0.2) is 0 Å². The molecule has 0 spiro atoms. The molecule has 1 amide bonds. The Labute approximate surface area is 139 Å². The van der Waals surface area contributed by atoms with Crippen LogP contribution in [0.5, 0.6) is 0 Å². The smallest absolute Gasteiger partial charge is 0.311 e. The van der Waals surface area contributed by atoms with Gasteiger partial charge in [0, 0.05) is 16.9 Å². The number of hydrogen-bond donors (Lipinski definition) is 2. The fraction of sp³-hybridized carbons (Fsp3) is 0.529. The van der Waals surface area contributed by atoms with Gasteiger partial charge in [-0.1, -0.05) is 41.9 Å². The van der Waals surface area contributed by atoms with Gasteiger partial charge < -0.3 is 10.4 Å². The van der Waals surface area contributed by atoms with Crippen molar-refractivity contribution in [3.05, 3.63) is 34.3 Å². The van der Waals surface area contributed by atoms with Crippen LogP contribution >= 0.6 is 15.9 Å². The molecule has 1 fully saturated rings. The van der Waals surface area contributed by atoms with Gasteiger partial charge in [-0.3, -0.25) is 9.59 Å². The largest absolute Gasteiger partial charge is 0.481 e. The van der Waals surface area contributed by atoms with Gasteiger partial charge in [-0.2, -0.15) is 0 Å². The lowest BCUT2D eigenvalue weighted by molar-refractivity contribution is -0.149. The third-order valence-electron chi connectivity index (χ3n) is 4.81. The van der Waals surface area contributed by atoms with E-state index in [1.54, 1.807) is 0 Å². The Morgan fingerprint density at radius 3 is 2.59 bits per heavy atom. The summed E-state index contributed by atoms with van der Waals surface area (Å²) in [4.78, 5) is 23.7. The first kappa shape index (κ1) is 17.0. The van der Waals surface area contributed by atoms with Crippen LogP contribution in [0.15, 0.2) is 28.7 Å². The van der Waals surface area contributed by atoms with E-state index < -0.39 is 11.4 Å². The van der Waals surface area contributed by atoms with E-state index in [1.165, 1.54) is 0 Å². The summed E-state index contributed by atoms with van der Waals surface area (Å²) in [6.07, 6.45) is 1.86. The zero-order valence-electron chi connectivity index (χ0n) is 12.9. The van der Waals surface area contributed by atoms with Crippen molar-refractivity contribution in [2.75, 3.05) is 6.54 Å². The molecular formula is C17H22BrNO3. The van der Waals surface area contributed by atoms with Crippen molar-refractivity contribution in [1.29, 1.82) is 0 Å². The second kappa shape index (κ2) is 6.82. The fourth-order valence-corrected chi connectivity index (χ4v) is 3.27. The highest BCUT2D eigenvalue weighted by Gasteiger charge is 2.45. The summed E-state index contributed by atoms with van der Waals surface area (Å²) in [5, 5.41) is 12.2. The molecule has 0 radical (unpaired) electrons. The minimum atomic E-state index is -0.851. The van der Waals surface area contributed by atoms with Crippen molar-refractivity contribution in [3.63, 3.8) is 0 Å². The number of nitrogens with one attached hydrogen (secondary N) is 1. The van der Waals surface area contributed by atoms with Crippen molar-refractivity contribution < 1.29 is 14.7 Å². The maximum atomic E-state index is 12.3. The molecule has 2 N–H and O–H groups in total.